The van der Waals surface area contributed by atoms with E-state index in [0.717, 1.165) is 6.42 Å². The maximum Gasteiger partial charge on any atom is 0.339 e. The lowest BCUT2D eigenvalue weighted by Gasteiger charge is -2.17. The summed E-state index contributed by atoms with van der Waals surface area (Å²) >= 11 is 0. The van der Waals surface area contributed by atoms with Crippen LogP contribution in [0.15, 0.2) is 6.20 Å². The third-order valence-corrected chi connectivity index (χ3v) is 3.50. The van der Waals surface area contributed by atoms with E-state index in [1.54, 1.807) is 11.9 Å². The number of aromatic nitrogens is 2. The minimum absolute atomic E-state index is 0.0967. The van der Waals surface area contributed by atoms with Crippen LogP contribution in [0.3, 0.4) is 0 Å². The first-order valence-corrected chi connectivity index (χ1v) is 6.04. The van der Waals surface area contributed by atoms with Crippen LogP contribution in [0.4, 0.5) is 0 Å². The van der Waals surface area contributed by atoms with Crippen LogP contribution in [0.5, 0.6) is 0 Å². The number of nitrogens with zero attached hydrogens (tertiary/aromatic N) is 3. The minimum Gasteiger partial charge on any atom is -0.478 e. The third-order valence-electron chi connectivity index (χ3n) is 3.50. The van der Waals surface area contributed by atoms with E-state index >= 15 is 0 Å². The summed E-state index contributed by atoms with van der Waals surface area (Å²) in [6.45, 7) is 3.10. The van der Waals surface area contributed by atoms with Gasteiger partial charge in [-0.2, -0.15) is 5.10 Å². The molecule has 18 heavy (non-hydrogen) atoms. The largest absolute Gasteiger partial charge is 0.478 e. The highest BCUT2D eigenvalue weighted by atomic mass is 16.4. The quantitative estimate of drug-likeness (QED) is 0.861. The van der Waals surface area contributed by atoms with Crippen LogP contribution in [-0.2, 0) is 18.4 Å². The molecular formula is C12H17N3O3. The molecule has 2 rings (SSSR count). The molecule has 1 aromatic rings. The maximum absolute atomic E-state index is 11.8. The van der Waals surface area contributed by atoms with Crippen LogP contribution in [0.2, 0.25) is 0 Å². The molecule has 1 atom stereocenters. The Bertz CT molecular complexity index is 481. The third kappa shape index (κ3) is 2.23. The summed E-state index contributed by atoms with van der Waals surface area (Å²) in [6.07, 6.45) is 2.87. The lowest BCUT2D eigenvalue weighted by Crippen LogP contribution is -2.26. The Hall–Kier alpha value is -1.85. The first-order valence-electron chi connectivity index (χ1n) is 6.04. The summed E-state index contributed by atoms with van der Waals surface area (Å²) in [4.78, 5) is 24.6. The molecule has 1 aliphatic heterocycles. The SMILES string of the molecule is CCC1CC(=O)N(Cc2c(C(=O)O)cnn2C)C1. The molecule has 0 aromatic carbocycles. The van der Waals surface area contributed by atoms with Crippen molar-refractivity contribution in [1.82, 2.24) is 14.7 Å². The number of carboxylic acid groups (broad SMARTS) is 1. The van der Waals surface area contributed by atoms with Crippen LogP contribution in [0.1, 0.15) is 35.8 Å². The molecule has 0 saturated carbocycles. The van der Waals surface area contributed by atoms with Crippen molar-refractivity contribution in [2.24, 2.45) is 13.0 Å². The van der Waals surface area contributed by atoms with Crippen molar-refractivity contribution < 1.29 is 14.7 Å². The van der Waals surface area contributed by atoms with E-state index in [1.165, 1.54) is 10.9 Å². The molecule has 6 nitrogen and oxygen atoms in total. The molecule has 1 amide bonds. The average Bonchev–Trinajstić information content (AvgIpc) is 2.85. The van der Waals surface area contributed by atoms with Crippen LogP contribution in [0, 0.1) is 5.92 Å². The second-order valence-corrected chi connectivity index (χ2v) is 4.69. The van der Waals surface area contributed by atoms with Gasteiger partial charge in [0.05, 0.1) is 18.4 Å². The average molecular weight is 251 g/mol. The number of likely N-dealkylation sites (tertiary alicyclic amines) is 1. The van der Waals surface area contributed by atoms with Gasteiger partial charge in [0, 0.05) is 20.0 Å². The lowest BCUT2D eigenvalue weighted by atomic mass is 10.1. The van der Waals surface area contributed by atoms with Gasteiger partial charge in [-0.15, -0.1) is 0 Å². The predicted molar refractivity (Wildman–Crippen MR) is 64.0 cm³/mol. The van der Waals surface area contributed by atoms with Gasteiger partial charge in [-0.25, -0.2) is 4.79 Å². The van der Waals surface area contributed by atoms with Crippen LogP contribution < -0.4 is 0 Å². The highest BCUT2D eigenvalue weighted by molar-refractivity contribution is 5.89. The monoisotopic (exact) mass is 251 g/mol. The fourth-order valence-corrected chi connectivity index (χ4v) is 2.29. The van der Waals surface area contributed by atoms with Crippen LogP contribution >= 0.6 is 0 Å². The first kappa shape index (κ1) is 12.6. The van der Waals surface area contributed by atoms with Gasteiger partial charge in [-0.05, 0) is 5.92 Å². The molecule has 1 fully saturated rings. The van der Waals surface area contributed by atoms with E-state index in [4.69, 9.17) is 5.11 Å². The minimum atomic E-state index is -1.00. The second-order valence-electron chi connectivity index (χ2n) is 4.69. The Morgan fingerprint density at radius 1 is 1.61 bits per heavy atom. The molecule has 1 unspecified atom stereocenters. The number of carbonyl (C=O) groups is 2. The Kier molecular flexibility index (Phi) is 3.36. The van der Waals surface area contributed by atoms with Crippen LogP contribution in [0.25, 0.3) is 0 Å². The summed E-state index contributed by atoms with van der Waals surface area (Å²) in [6, 6.07) is 0. The molecule has 1 N–H and O–H groups in total. The van der Waals surface area contributed by atoms with E-state index < -0.39 is 5.97 Å². The zero-order valence-corrected chi connectivity index (χ0v) is 10.6. The van der Waals surface area contributed by atoms with Gasteiger partial charge in [-0.3, -0.25) is 9.48 Å². The van der Waals surface area contributed by atoms with Gasteiger partial charge >= 0.3 is 5.97 Å². The predicted octanol–water partition coefficient (Wildman–Crippen LogP) is 0.877. The topological polar surface area (TPSA) is 75.4 Å². The standard InChI is InChI=1S/C12H17N3O3/c1-3-8-4-11(16)15(6-8)7-10-9(12(17)18)5-13-14(10)2/h5,8H,3-4,6-7H2,1-2H3,(H,17,18). The molecule has 1 saturated heterocycles. The van der Waals surface area contributed by atoms with E-state index in [0.29, 0.717) is 31.1 Å². The molecule has 0 bridgehead atoms. The van der Waals surface area contributed by atoms with Crippen LogP contribution in [-0.4, -0.2) is 38.2 Å². The fourth-order valence-electron chi connectivity index (χ4n) is 2.29. The highest BCUT2D eigenvalue weighted by Crippen LogP contribution is 2.23. The molecule has 6 heteroatoms. The number of hydrogen-bond acceptors (Lipinski definition) is 3. The molecule has 0 aliphatic carbocycles. The zero-order chi connectivity index (χ0) is 13.3. The maximum atomic E-state index is 11.8. The number of hydrogen-bond donors (Lipinski definition) is 1. The Balaban J connectivity index is 2.17. The molecule has 0 radical (unpaired) electrons. The van der Waals surface area contributed by atoms with E-state index in [1.807, 2.05) is 0 Å². The van der Waals surface area contributed by atoms with Crippen molar-refractivity contribution in [3.63, 3.8) is 0 Å². The van der Waals surface area contributed by atoms with Crippen molar-refractivity contribution in [2.75, 3.05) is 6.54 Å². The van der Waals surface area contributed by atoms with Gasteiger partial charge < -0.3 is 10.0 Å². The van der Waals surface area contributed by atoms with Crippen molar-refractivity contribution in [1.29, 1.82) is 0 Å². The molecule has 1 aromatic heterocycles. The highest BCUT2D eigenvalue weighted by Gasteiger charge is 2.30. The summed E-state index contributed by atoms with van der Waals surface area (Å²) in [5.41, 5.74) is 0.748. The summed E-state index contributed by atoms with van der Waals surface area (Å²) < 4.78 is 1.52. The van der Waals surface area contributed by atoms with E-state index in [-0.39, 0.29) is 11.5 Å². The summed E-state index contributed by atoms with van der Waals surface area (Å²) in [7, 11) is 1.69. The van der Waals surface area contributed by atoms with Crippen molar-refractivity contribution in [2.45, 2.75) is 26.3 Å². The summed E-state index contributed by atoms with van der Waals surface area (Å²) in [5, 5.41) is 13.0. The Morgan fingerprint density at radius 2 is 2.33 bits per heavy atom. The van der Waals surface area contributed by atoms with Gasteiger partial charge in [0.2, 0.25) is 5.91 Å². The van der Waals surface area contributed by atoms with E-state index in [9.17, 15) is 9.59 Å². The molecule has 2 heterocycles. The number of carbonyl (C=O) groups excluding carboxylic acids is 1. The Morgan fingerprint density at radius 3 is 2.89 bits per heavy atom. The first-order chi connectivity index (χ1) is 8.52. The Labute approximate surface area is 105 Å². The van der Waals surface area contributed by atoms with Crippen molar-refractivity contribution in [3.05, 3.63) is 17.5 Å². The number of carboxylic acids is 1. The lowest BCUT2D eigenvalue weighted by molar-refractivity contribution is -0.128. The molecule has 1 aliphatic rings. The zero-order valence-electron chi connectivity index (χ0n) is 10.6. The van der Waals surface area contributed by atoms with Gasteiger partial charge in [0.1, 0.15) is 5.56 Å². The normalized spacial score (nSPS) is 19.6. The van der Waals surface area contributed by atoms with Gasteiger partial charge in [-0.1, -0.05) is 13.3 Å². The summed E-state index contributed by atoms with van der Waals surface area (Å²) in [5.74, 6) is -0.518. The fraction of sp³-hybridized carbons (Fsp3) is 0.583. The van der Waals surface area contributed by atoms with Gasteiger partial charge in [0.15, 0.2) is 0 Å². The van der Waals surface area contributed by atoms with Gasteiger partial charge in [0.25, 0.3) is 0 Å². The van der Waals surface area contributed by atoms with Crippen molar-refractivity contribution in [3.8, 4) is 0 Å². The number of amides is 1. The number of aromatic carboxylic acids is 1. The second kappa shape index (κ2) is 4.80. The van der Waals surface area contributed by atoms with E-state index in [2.05, 4.69) is 12.0 Å². The molecule has 0 spiro atoms. The molecular weight excluding hydrogens is 234 g/mol. The molecule has 98 valence electrons. The van der Waals surface area contributed by atoms with Crippen molar-refractivity contribution >= 4 is 11.9 Å². The number of aryl methyl sites for hydroxylation is 1. The number of rotatable bonds is 4. The smallest absolute Gasteiger partial charge is 0.339 e.